The Kier molecular flexibility index (Phi) is 5.01. The summed E-state index contributed by atoms with van der Waals surface area (Å²) in [4.78, 5) is 13.6. The van der Waals surface area contributed by atoms with Crippen molar-refractivity contribution in [2.24, 2.45) is 0 Å². The van der Waals surface area contributed by atoms with E-state index in [-0.39, 0.29) is 11.2 Å². The highest BCUT2D eigenvalue weighted by molar-refractivity contribution is 8.00. The minimum Gasteiger partial charge on any atom is -0.348 e. The topological polar surface area (TPSA) is 51.0 Å². The Morgan fingerprint density at radius 2 is 1.95 bits per heavy atom. The van der Waals surface area contributed by atoms with Crippen molar-refractivity contribution in [2.75, 3.05) is 14.1 Å². The largest absolute Gasteiger partial charge is 0.348 e. The van der Waals surface area contributed by atoms with Crippen LogP contribution in [0, 0.1) is 6.92 Å². The van der Waals surface area contributed by atoms with Crippen LogP contribution in [0.3, 0.4) is 0 Å². The van der Waals surface area contributed by atoms with Gasteiger partial charge in [-0.25, -0.2) is 0 Å². The Labute approximate surface area is 129 Å². The van der Waals surface area contributed by atoms with Crippen LogP contribution in [0.4, 0.5) is 0 Å². The third-order valence-corrected chi connectivity index (χ3v) is 4.22. The Morgan fingerprint density at radius 3 is 2.57 bits per heavy atom. The molecule has 6 heteroatoms. The second-order valence-electron chi connectivity index (χ2n) is 5.09. The lowest BCUT2D eigenvalue weighted by Gasteiger charge is -2.16. The maximum absolute atomic E-state index is 12.0. The second kappa shape index (κ2) is 6.76. The number of thioether (sulfide) groups is 1. The zero-order valence-corrected chi connectivity index (χ0v) is 13.6. The fraction of sp³-hybridized carbons (Fsp3) is 0.400. The molecule has 0 N–H and O–H groups in total. The van der Waals surface area contributed by atoms with Crippen LogP contribution in [0.5, 0.6) is 0 Å². The average Bonchev–Trinajstić information content (AvgIpc) is 2.80. The summed E-state index contributed by atoms with van der Waals surface area (Å²) >= 11 is 1.44. The molecule has 1 aromatic heterocycles. The summed E-state index contributed by atoms with van der Waals surface area (Å²) in [7, 11) is 3.53. The maximum atomic E-state index is 12.0. The van der Waals surface area contributed by atoms with E-state index in [1.54, 1.807) is 19.0 Å². The molecule has 1 atom stereocenters. The van der Waals surface area contributed by atoms with Crippen LogP contribution >= 0.6 is 11.8 Å². The lowest BCUT2D eigenvalue weighted by atomic mass is 10.2. The van der Waals surface area contributed by atoms with E-state index < -0.39 is 0 Å². The van der Waals surface area contributed by atoms with E-state index in [0.29, 0.717) is 6.54 Å². The molecular weight excluding hydrogens is 284 g/mol. The summed E-state index contributed by atoms with van der Waals surface area (Å²) in [5.41, 5.74) is 1.19. The van der Waals surface area contributed by atoms with Crippen molar-refractivity contribution in [1.29, 1.82) is 0 Å². The molecule has 0 saturated heterocycles. The molecular formula is C15H20N4OS. The number of carbonyl (C=O) groups excluding carboxylic acids is 1. The summed E-state index contributed by atoms with van der Waals surface area (Å²) in [6.07, 6.45) is 0. The molecule has 0 aliphatic rings. The molecule has 5 nitrogen and oxygen atoms in total. The lowest BCUT2D eigenvalue weighted by Crippen LogP contribution is -2.29. The first-order chi connectivity index (χ1) is 9.99. The van der Waals surface area contributed by atoms with Crippen LogP contribution in [0.1, 0.15) is 18.3 Å². The quantitative estimate of drug-likeness (QED) is 0.795. The molecule has 0 bridgehead atoms. The number of benzene rings is 1. The molecule has 0 radical (unpaired) electrons. The number of carbonyl (C=O) groups is 1. The van der Waals surface area contributed by atoms with Gasteiger partial charge in [0.05, 0.1) is 11.8 Å². The second-order valence-corrected chi connectivity index (χ2v) is 6.40. The van der Waals surface area contributed by atoms with Crippen LogP contribution < -0.4 is 0 Å². The van der Waals surface area contributed by atoms with Gasteiger partial charge in [-0.3, -0.25) is 4.79 Å². The summed E-state index contributed by atoms with van der Waals surface area (Å²) in [6.45, 7) is 4.53. The summed E-state index contributed by atoms with van der Waals surface area (Å²) in [6, 6.07) is 10.2. The fourth-order valence-electron chi connectivity index (χ4n) is 1.97. The molecule has 2 rings (SSSR count). The summed E-state index contributed by atoms with van der Waals surface area (Å²) in [5, 5.41) is 8.93. The molecule has 1 unspecified atom stereocenters. The molecule has 0 saturated carbocycles. The molecule has 2 aromatic rings. The molecule has 0 aliphatic heterocycles. The third-order valence-electron chi connectivity index (χ3n) is 3.16. The van der Waals surface area contributed by atoms with E-state index in [2.05, 4.69) is 22.3 Å². The van der Waals surface area contributed by atoms with Crippen LogP contribution in [0.25, 0.3) is 0 Å². The van der Waals surface area contributed by atoms with Gasteiger partial charge in [0.15, 0.2) is 5.16 Å². The number of aromatic nitrogens is 3. The van der Waals surface area contributed by atoms with Crippen molar-refractivity contribution in [3.05, 3.63) is 41.7 Å². The van der Waals surface area contributed by atoms with Gasteiger partial charge in [-0.2, -0.15) is 0 Å². The first-order valence-corrected chi connectivity index (χ1v) is 7.68. The highest BCUT2D eigenvalue weighted by Gasteiger charge is 2.20. The summed E-state index contributed by atoms with van der Waals surface area (Å²) in [5.74, 6) is 0.928. The fourth-order valence-corrected chi connectivity index (χ4v) is 3.01. The van der Waals surface area contributed by atoms with Gasteiger partial charge in [0.2, 0.25) is 5.91 Å². The van der Waals surface area contributed by atoms with Gasteiger partial charge in [-0.05, 0) is 19.4 Å². The van der Waals surface area contributed by atoms with Crippen LogP contribution in [-0.4, -0.2) is 44.9 Å². The van der Waals surface area contributed by atoms with Crippen molar-refractivity contribution < 1.29 is 4.79 Å². The molecule has 1 amide bonds. The van der Waals surface area contributed by atoms with Gasteiger partial charge >= 0.3 is 0 Å². The van der Waals surface area contributed by atoms with Gasteiger partial charge < -0.3 is 9.47 Å². The predicted octanol–water partition coefficient (Wildman–Crippen LogP) is 2.20. The average molecular weight is 304 g/mol. The molecule has 1 aromatic carbocycles. The van der Waals surface area contributed by atoms with Gasteiger partial charge in [0, 0.05) is 14.1 Å². The van der Waals surface area contributed by atoms with Crippen LogP contribution in [0.15, 0.2) is 35.5 Å². The Morgan fingerprint density at radius 1 is 1.29 bits per heavy atom. The zero-order chi connectivity index (χ0) is 15.4. The third kappa shape index (κ3) is 3.85. The Balaban J connectivity index is 2.17. The van der Waals surface area contributed by atoms with E-state index in [1.165, 1.54) is 17.3 Å². The molecule has 112 valence electrons. The smallest absolute Gasteiger partial charge is 0.235 e. The maximum Gasteiger partial charge on any atom is 0.235 e. The van der Waals surface area contributed by atoms with E-state index in [9.17, 15) is 4.79 Å². The van der Waals surface area contributed by atoms with Crippen molar-refractivity contribution in [3.63, 3.8) is 0 Å². The van der Waals surface area contributed by atoms with Gasteiger partial charge in [-0.15, -0.1) is 10.2 Å². The number of aryl methyl sites for hydroxylation is 1. The van der Waals surface area contributed by atoms with E-state index in [0.717, 1.165) is 11.0 Å². The molecule has 21 heavy (non-hydrogen) atoms. The SMILES string of the molecule is Cc1nnc(SC(C)C(=O)N(C)C)n1Cc1ccccc1. The number of amides is 1. The standard InChI is InChI=1S/C15H20N4OS/c1-11(14(20)18(3)4)21-15-17-16-12(2)19(15)10-13-8-6-5-7-9-13/h5-9,11H,10H2,1-4H3. The van der Waals surface area contributed by atoms with E-state index in [4.69, 9.17) is 0 Å². The van der Waals surface area contributed by atoms with Crippen molar-refractivity contribution in [3.8, 4) is 0 Å². The zero-order valence-electron chi connectivity index (χ0n) is 12.8. The van der Waals surface area contributed by atoms with Gasteiger partial charge in [-0.1, -0.05) is 42.1 Å². The highest BCUT2D eigenvalue weighted by Crippen LogP contribution is 2.24. The highest BCUT2D eigenvalue weighted by atomic mass is 32.2. The number of rotatable bonds is 5. The van der Waals surface area contributed by atoms with Crippen LogP contribution in [0.2, 0.25) is 0 Å². The summed E-state index contributed by atoms with van der Waals surface area (Å²) < 4.78 is 2.04. The number of hydrogen-bond donors (Lipinski definition) is 0. The Hall–Kier alpha value is -1.82. The Bertz CT molecular complexity index is 609. The van der Waals surface area contributed by atoms with Gasteiger partial charge in [0.25, 0.3) is 0 Å². The molecule has 0 spiro atoms. The first kappa shape index (κ1) is 15.6. The normalized spacial score (nSPS) is 12.2. The minimum atomic E-state index is -0.182. The van der Waals surface area contributed by atoms with Crippen molar-refractivity contribution in [2.45, 2.75) is 30.8 Å². The van der Waals surface area contributed by atoms with Crippen molar-refractivity contribution in [1.82, 2.24) is 19.7 Å². The molecule has 0 fully saturated rings. The van der Waals surface area contributed by atoms with Gasteiger partial charge in [0.1, 0.15) is 5.82 Å². The lowest BCUT2D eigenvalue weighted by molar-refractivity contribution is -0.127. The van der Waals surface area contributed by atoms with E-state index in [1.807, 2.05) is 36.6 Å². The predicted molar refractivity (Wildman–Crippen MR) is 84.3 cm³/mol. The van der Waals surface area contributed by atoms with E-state index >= 15 is 0 Å². The number of nitrogens with zero attached hydrogens (tertiary/aromatic N) is 4. The minimum absolute atomic E-state index is 0.0758. The number of hydrogen-bond acceptors (Lipinski definition) is 4. The first-order valence-electron chi connectivity index (χ1n) is 6.80. The van der Waals surface area contributed by atoms with Crippen molar-refractivity contribution >= 4 is 17.7 Å². The molecule has 1 heterocycles. The molecule has 0 aliphatic carbocycles. The van der Waals surface area contributed by atoms with Crippen LogP contribution in [-0.2, 0) is 11.3 Å². The monoisotopic (exact) mass is 304 g/mol.